The van der Waals surface area contributed by atoms with Crippen LogP contribution in [0.2, 0.25) is 0 Å². The Labute approximate surface area is 195 Å². The van der Waals surface area contributed by atoms with E-state index in [1.54, 1.807) is 6.92 Å². The number of hydrogen-bond donors (Lipinski definition) is 2. The fourth-order valence-corrected chi connectivity index (χ4v) is 3.75. The minimum absolute atomic E-state index is 0.137. The molecule has 0 unspecified atom stereocenters. The Balaban J connectivity index is 0.000000414. The average Bonchev–Trinajstić information content (AvgIpc) is 2.82. The first-order valence-electron chi connectivity index (χ1n) is 11.1. The molecule has 2 aromatic carbocycles. The number of rotatable bonds is 8. The quantitative estimate of drug-likeness (QED) is 0.593. The molecule has 0 atom stereocenters. The summed E-state index contributed by atoms with van der Waals surface area (Å²) < 4.78 is 0. The summed E-state index contributed by atoms with van der Waals surface area (Å²) >= 11 is 0. The van der Waals surface area contributed by atoms with Crippen LogP contribution in [-0.4, -0.2) is 59.1 Å². The van der Waals surface area contributed by atoms with E-state index in [-0.39, 0.29) is 5.91 Å². The summed E-state index contributed by atoms with van der Waals surface area (Å²) in [5.41, 5.74) is 2.43. The number of aliphatic carboxylic acids is 2. The number of para-hydroxylation sites is 1. The summed E-state index contributed by atoms with van der Waals surface area (Å²) in [7, 11) is 0. The number of carbonyl (C=O) groups is 3. The molecule has 0 spiro atoms. The molecule has 7 heteroatoms. The highest BCUT2D eigenvalue weighted by molar-refractivity contribution is 5.91. The lowest BCUT2D eigenvalue weighted by Gasteiger charge is -2.34. The van der Waals surface area contributed by atoms with Gasteiger partial charge in [-0.15, -0.1) is 0 Å². The average molecular weight is 453 g/mol. The molecule has 7 nitrogen and oxygen atoms in total. The zero-order valence-corrected chi connectivity index (χ0v) is 19.0. The van der Waals surface area contributed by atoms with Crippen LogP contribution in [0.25, 0.3) is 0 Å². The van der Waals surface area contributed by atoms with Crippen LogP contribution in [0, 0.1) is 5.92 Å². The van der Waals surface area contributed by atoms with Gasteiger partial charge < -0.3 is 20.0 Å². The van der Waals surface area contributed by atoms with Gasteiger partial charge in [0.15, 0.2) is 0 Å². The van der Waals surface area contributed by atoms with Crippen LogP contribution in [-0.2, 0) is 20.8 Å². The molecule has 1 fully saturated rings. The normalized spacial score (nSPS) is 14.3. The third-order valence-electron chi connectivity index (χ3n) is 5.52. The largest absolute Gasteiger partial charge is 0.478 e. The summed E-state index contributed by atoms with van der Waals surface area (Å²) in [4.78, 5) is 35.7. The van der Waals surface area contributed by atoms with Crippen LogP contribution < -0.4 is 4.90 Å². The summed E-state index contributed by atoms with van der Waals surface area (Å²) in [6, 6.07) is 20.7. The Morgan fingerprint density at radius 2 is 1.42 bits per heavy atom. The standard InChI is InChI=1S/C22H28N2O.C4H4O4/c1-19(25)24(22-10-6-3-7-11-22)18-21-13-16-23(17-14-21)15-12-20-8-4-2-5-9-20;5-3(6)1-2-4(7)8/h2-11,21H,12-18H2,1H3;1-2H,(H,5,6)(H,7,8)/b;2-1+. The van der Waals surface area contributed by atoms with Gasteiger partial charge in [0.2, 0.25) is 5.91 Å². The first-order valence-corrected chi connectivity index (χ1v) is 11.1. The topological polar surface area (TPSA) is 98.2 Å². The van der Waals surface area contributed by atoms with Crippen LogP contribution in [0.5, 0.6) is 0 Å². The van der Waals surface area contributed by atoms with Crippen molar-refractivity contribution in [1.29, 1.82) is 0 Å². The molecular weight excluding hydrogens is 420 g/mol. The van der Waals surface area contributed by atoms with E-state index in [4.69, 9.17) is 10.2 Å². The maximum Gasteiger partial charge on any atom is 0.328 e. The lowest BCUT2D eigenvalue weighted by Crippen LogP contribution is -2.41. The number of hydrogen-bond acceptors (Lipinski definition) is 4. The van der Waals surface area contributed by atoms with Gasteiger partial charge in [0, 0.05) is 37.9 Å². The van der Waals surface area contributed by atoms with Gasteiger partial charge in [-0.3, -0.25) is 4.79 Å². The predicted octanol–water partition coefficient (Wildman–Crippen LogP) is 3.71. The van der Waals surface area contributed by atoms with E-state index >= 15 is 0 Å². The highest BCUT2D eigenvalue weighted by atomic mass is 16.4. The van der Waals surface area contributed by atoms with Crippen molar-refractivity contribution in [1.82, 2.24) is 4.90 Å². The van der Waals surface area contributed by atoms with Crippen LogP contribution in [0.3, 0.4) is 0 Å². The molecule has 3 rings (SSSR count). The predicted molar refractivity (Wildman–Crippen MR) is 128 cm³/mol. The van der Waals surface area contributed by atoms with Crippen LogP contribution in [0.1, 0.15) is 25.3 Å². The molecule has 1 aliphatic heterocycles. The maximum atomic E-state index is 12.1. The zero-order chi connectivity index (χ0) is 24.1. The molecular formula is C26H32N2O5. The first-order chi connectivity index (χ1) is 15.8. The van der Waals surface area contributed by atoms with Crippen molar-refractivity contribution < 1.29 is 24.6 Å². The van der Waals surface area contributed by atoms with Crippen LogP contribution >= 0.6 is 0 Å². The third-order valence-corrected chi connectivity index (χ3v) is 5.52. The second-order valence-corrected chi connectivity index (χ2v) is 8.00. The van der Waals surface area contributed by atoms with Crippen molar-refractivity contribution >= 4 is 23.5 Å². The number of amides is 1. The van der Waals surface area contributed by atoms with Crippen LogP contribution in [0.4, 0.5) is 5.69 Å². The molecule has 0 radical (unpaired) electrons. The second kappa shape index (κ2) is 13.9. The number of likely N-dealkylation sites (tertiary alicyclic amines) is 1. The fraction of sp³-hybridized carbons (Fsp3) is 0.346. The fourth-order valence-electron chi connectivity index (χ4n) is 3.75. The van der Waals surface area contributed by atoms with E-state index in [0.717, 1.165) is 38.3 Å². The number of piperidine rings is 1. The van der Waals surface area contributed by atoms with Gasteiger partial charge in [-0.1, -0.05) is 48.5 Å². The van der Waals surface area contributed by atoms with Crippen molar-refractivity contribution in [2.45, 2.75) is 26.2 Å². The van der Waals surface area contributed by atoms with Gasteiger partial charge in [-0.2, -0.15) is 0 Å². The molecule has 33 heavy (non-hydrogen) atoms. The van der Waals surface area contributed by atoms with E-state index in [0.29, 0.717) is 18.1 Å². The van der Waals surface area contributed by atoms with Crippen molar-refractivity contribution in [3.63, 3.8) is 0 Å². The van der Waals surface area contributed by atoms with Gasteiger partial charge in [0.1, 0.15) is 0 Å². The Hall–Kier alpha value is -3.45. The number of benzene rings is 2. The second-order valence-electron chi connectivity index (χ2n) is 8.00. The summed E-state index contributed by atoms with van der Waals surface area (Å²) in [6.45, 7) is 5.91. The number of anilines is 1. The summed E-state index contributed by atoms with van der Waals surface area (Å²) in [6.07, 6.45) is 4.58. The highest BCUT2D eigenvalue weighted by Gasteiger charge is 2.23. The Bertz CT molecular complexity index is 891. The van der Waals surface area contributed by atoms with E-state index in [2.05, 4.69) is 35.2 Å². The van der Waals surface area contributed by atoms with Crippen molar-refractivity contribution in [2.24, 2.45) is 5.92 Å². The summed E-state index contributed by atoms with van der Waals surface area (Å²) in [5.74, 6) is -1.78. The monoisotopic (exact) mass is 452 g/mol. The highest BCUT2D eigenvalue weighted by Crippen LogP contribution is 2.22. The number of carboxylic acids is 2. The van der Waals surface area contributed by atoms with E-state index in [1.807, 2.05) is 35.2 Å². The van der Waals surface area contributed by atoms with Gasteiger partial charge in [0.25, 0.3) is 0 Å². The van der Waals surface area contributed by atoms with Gasteiger partial charge >= 0.3 is 11.9 Å². The molecule has 176 valence electrons. The molecule has 0 saturated carbocycles. The Morgan fingerprint density at radius 3 is 1.91 bits per heavy atom. The number of nitrogens with zero attached hydrogens (tertiary/aromatic N) is 2. The SMILES string of the molecule is CC(=O)N(CC1CCN(CCc2ccccc2)CC1)c1ccccc1.O=C(O)/C=C/C(=O)O. The third kappa shape index (κ3) is 10.1. The van der Waals surface area contributed by atoms with E-state index in [1.165, 1.54) is 18.4 Å². The van der Waals surface area contributed by atoms with Crippen molar-refractivity contribution in [3.8, 4) is 0 Å². The molecule has 2 N–H and O–H groups in total. The van der Waals surface area contributed by atoms with Gasteiger partial charge in [0.05, 0.1) is 0 Å². The number of carbonyl (C=O) groups excluding carboxylic acids is 1. The van der Waals surface area contributed by atoms with Gasteiger partial charge in [-0.25, -0.2) is 9.59 Å². The maximum absolute atomic E-state index is 12.1. The minimum atomic E-state index is -1.26. The first kappa shape index (κ1) is 25.8. The van der Waals surface area contributed by atoms with Crippen molar-refractivity contribution in [2.75, 3.05) is 31.1 Å². The zero-order valence-electron chi connectivity index (χ0n) is 19.0. The molecule has 0 bridgehead atoms. The lowest BCUT2D eigenvalue weighted by molar-refractivity contribution is -0.134. The molecule has 1 saturated heterocycles. The lowest BCUT2D eigenvalue weighted by atomic mass is 9.95. The summed E-state index contributed by atoms with van der Waals surface area (Å²) in [5, 5.41) is 15.6. The molecule has 1 amide bonds. The Morgan fingerprint density at radius 1 is 0.909 bits per heavy atom. The molecule has 0 aromatic heterocycles. The number of carboxylic acid groups (broad SMARTS) is 2. The van der Waals surface area contributed by atoms with Crippen molar-refractivity contribution in [3.05, 3.63) is 78.4 Å². The van der Waals surface area contributed by atoms with E-state index in [9.17, 15) is 14.4 Å². The minimum Gasteiger partial charge on any atom is -0.478 e. The molecule has 1 aliphatic rings. The van der Waals surface area contributed by atoms with E-state index < -0.39 is 11.9 Å². The molecule has 1 heterocycles. The Kier molecular flexibility index (Phi) is 10.8. The smallest absolute Gasteiger partial charge is 0.328 e. The molecule has 2 aromatic rings. The molecule has 0 aliphatic carbocycles. The van der Waals surface area contributed by atoms with Gasteiger partial charge in [-0.05, 0) is 56.0 Å². The van der Waals surface area contributed by atoms with Crippen LogP contribution in [0.15, 0.2) is 72.8 Å².